The summed E-state index contributed by atoms with van der Waals surface area (Å²) in [5.41, 5.74) is 0.753. The molecule has 0 atom stereocenters. The third-order valence-corrected chi connectivity index (χ3v) is 5.12. The molecule has 158 valence electrons. The van der Waals surface area contributed by atoms with Gasteiger partial charge >= 0.3 is 5.97 Å². The lowest BCUT2D eigenvalue weighted by Gasteiger charge is -2.31. The first-order valence-corrected chi connectivity index (χ1v) is 10.0. The van der Waals surface area contributed by atoms with E-state index < -0.39 is 0 Å². The van der Waals surface area contributed by atoms with E-state index in [-0.39, 0.29) is 29.1 Å². The van der Waals surface area contributed by atoms with Gasteiger partial charge in [0.1, 0.15) is 11.4 Å². The topological polar surface area (TPSA) is 77.8 Å². The molecule has 2 aromatic rings. The summed E-state index contributed by atoms with van der Waals surface area (Å²) in [7, 11) is 1.59. The number of pyridine rings is 1. The molecule has 1 aliphatic heterocycles. The Morgan fingerprint density at radius 1 is 1.10 bits per heavy atom. The van der Waals surface area contributed by atoms with Crippen LogP contribution in [0.1, 0.15) is 25.3 Å². The van der Waals surface area contributed by atoms with Gasteiger partial charge in [-0.1, -0.05) is 18.2 Å². The van der Waals surface area contributed by atoms with Crippen molar-refractivity contribution in [2.24, 2.45) is 5.92 Å². The van der Waals surface area contributed by atoms with Gasteiger partial charge in [0.2, 0.25) is 0 Å². The Morgan fingerprint density at radius 2 is 1.80 bits per heavy atom. The summed E-state index contributed by atoms with van der Waals surface area (Å²) in [4.78, 5) is 39.4. The van der Waals surface area contributed by atoms with E-state index in [9.17, 15) is 14.4 Å². The number of amides is 1. The Balaban J connectivity index is 1.86. The number of aromatic nitrogens is 1. The van der Waals surface area contributed by atoms with Crippen LogP contribution in [-0.4, -0.2) is 48.1 Å². The predicted molar refractivity (Wildman–Crippen MR) is 114 cm³/mol. The normalized spacial score (nSPS) is 15.0. The first-order valence-electron chi connectivity index (χ1n) is 10.0. The van der Waals surface area contributed by atoms with Crippen LogP contribution in [0.2, 0.25) is 0 Å². The molecule has 0 spiro atoms. The standard InChI is InChI=1S/C23H26N2O5/c1-3-30-23(28)18-11-14-24(15-12-18)22(27)20(25-13-5-4-6-21(25)26)16-17-7-9-19(29-2)10-8-17/h4-10,13,16,18H,3,11-12,14-15H2,1-2H3/b20-16+. The summed E-state index contributed by atoms with van der Waals surface area (Å²) >= 11 is 0. The molecule has 0 radical (unpaired) electrons. The molecular weight excluding hydrogens is 384 g/mol. The lowest BCUT2D eigenvalue weighted by atomic mass is 9.96. The molecule has 0 N–H and O–H groups in total. The smallest absolute Gasteiger partial charge is 0.309 e. The minimum Gasteiger partial charge on any atom is -0.497 e. The number of hydrogen-bond acceptors (Lipinski definition) is 5. The van der Waals surface area contributed by atoms with Gasteiger partial charge in [-0.15, -0.1) is 0 Å². The lowest BCUT2D eigenvalue weighted by Crippen LogP contribution is -2.42. The fourth-order valence-electron chi connectivity index (χ4n) is 3.46. The molecular formula is C23H26N2O5. The van der Waals surface area contributed by atoms with Crippen LogP contribution >= 0.6 is 0 Å². The minimum absolute atomic E-state index is 0.192. The number of carbonyl (C=O) groups is 2. The van der Waals surface area contributed by atoms with Crippen molar-refractivity contribution in [1.82, 2.24) is 9.47 Å². The minimum atomic E-state index is -0.285. The summed E-state index contributed by atoms with van der Waals surface area (Å²) in [5, 5.41) is 0. The summed E-state index contributed by atoms with van der Waals surface area (Å²) in [6.45, 7) is 3.00. The summed E-state index contributed by atoms with van der Waals surface area (Å²) in [6.07, 6.45) is 4.37. The van der Waals surface area contributed by atoms with Gasteiger partial charge in [-0.05, 0) is 49.6 Å². The second kappa shape index (κ2) is 9.91. The first kappa shape index (κ1) is 21.4. The van der Waals surface area contributed by atoms with Crippen molar-refractivity contribution in [2.45, 2.75) is 19.8 Å². The Bertz CT molecular complexity index is 970. The van der Waals surface area contributed by atoms with Crippen LogP contribution < -0.4 is 10.3 Å². The van der Waals surface area contributed by atoms with Gasteiger partial charge in [0.15, 0.2) is 0 Å². The second-order valence-corrected chi connectivity index (χ2v) is 7.03. The molecule has 0 saturated carbocycles. The third kappa shape index (κ3) is 4.97. The van der Waals surface area contributed by atoms with Crippen molar-refractivity contribution in [1.29, 1.82) is 0 Å². The fraction of sp³-hybridized carbons (Fsp3) is 0.348. The van der Waals surface area contributed by atoms with Gasteiger partial charge in [-0.2, -0.15) is 0 Å². The molecule has 1 amide bonds. The third-order valence-electron chi connectivity index (χ3n) is 5.12. The zero-order valence-corrected chi connectivity index (χ0v) is 17.2. The quantitative estimate of drug-likeness (QED) is 0.540. The maximum absolute atomic E-state index is 13.3. The number of ether oxygens (including phenoxy) is 2. The monoisotopic (exact) mass is 410 g/mol. The van der Waals surface area contributed by atoms with E-state index in [2.05, 4.69) is 0 Å². The highest BCUT2D eigenvalue weighted by Crippen LogP contribution is 2.22. The number of piperidine rings is 1. The maximum atomic E-state index is 13.3. The van der Waals surface area contributed by atoms with Gasteiger partial charge in [-0.25, -0.2) is 0 Å². The van der Waals surface area contributed by atoms with Gasteiger partial charge in [0.25, 0.3) is 11.5 Å². The summed E-state index contributed by atoms with van der Waals surface area (Å²) < 4.78 is 11.6. The highest BCUT2D eigenvalue weighted by molar-refractivity contribution is 6.18. The molecule has 7 heteroatoms. The molecule has 1 aliphatic rings. The number of hydrogen-bond donors (Lipinski definition) is 0. The molecule has 7 nitrogen and oxygen atoms in total. The Labute approximate surface area is 175 Å². The fourth-order valence-corrected chi connectivity index (χ4v) is 3.46. The van der Waals surface area contributed by atoms with E-state index in [4.69, 9.17) is 9.47 Å². The molecule has 0 aliphatic carbocycles. The van der Waals surface area contributed by atoms with Gasteiger partial charge in [-0.3, -0.25) is 19.0 Å². The van der Waals surface area contributed by atoms with Gasteiger partial charge in [0.05, 0.1) is 19.6 Å². The van der Waals surface area contributed by atoms with Crippen LogP contribution in [0.4, 0.5) is 0 Å². The van der Waals surface area contributed by atoms with Crippen LogP contribution in [0.15, 0.2) is 53.5 Å². The number of rotatable bonds is 6. The highest BCUT2D eigenvalue weighted by Gasteiger charge is 2.30. The van der Waals surface area contributed by atoms with Crippen molar-refractivity contribution >= 4 is 23.6 Å². The van der Waals surface area contributed by atoms with Gasteiger partial charge < -0.3 is 14.4 Å². The molecule has 30 heavy (non-hydrogen) atoms. The average Bonchev–Trinajstić information content (AvgIpc) is 2.78. The number of carbonyl (C=O) groups excluding carboxylic acids is 2. The molecule has 1 aromatic heterocycles. The van der Waals surface area contributed by atoms with Crippen molar-refractivity contribution in [3.63, 3.8) is 0 Å². The van der Waals surface area contributed by atoms with Crippen molar-refractivity contribution in [3.8, 4) is 5.75 Å². The number of benzene rings is 1. The van der Waals surface area contributed by atoms with E-state index in [1.807, 2.05) is 12.1 Å². The number of likely N-dealkylation sites (tertiary alicyclic amines) is 1. The lowest BCUT2D eigenvalue weighted by molar-refractivity contribution is -0.150. The predicted octanol–water partition coefficient (Wildman–Crippen LogP) is 2.66. The molecule has 0 bridgehead atoms. The van der Waals surface area contributed by atoms with Crippen LogP contribution in [0.3, 0.4) is 0 Å². The Morgan fingerprint density at radius 3 is 2.40 bits per heavy atom. The van der Waals surface area contributed by atoms with Crippen molar-refractivity contribution in [3.05, 3.63) is 64.6 Å². The molecule has 1 fully saturated rings. The van der Waals surface area contributed by atoms with E-state index in [1.165, 1.54) is 10.6 Å². The van der Waals surface area contributed by atoms with E-state index in [0.717, 1.165) is 5.56 Å². The van der Waals surface area contributed by atoms with Crippen LogP contribution in [-0.2, 0) is 14.3 Å². The van der Waals surface area contributed by atoms with E-state index in [0.29, 0.717) is 38.3 Å². The largest absolute Gasteiger partial charge is 0.497 e. The zero-order valence-electron chi connectivity index (χ0n) is 17.2. The number of esters is 1. The van der Waals surface area contributed by atoms with Crippen molar-refractivity contribution < 1.29 is 19.1 Å². The number of methoxy groups -OCH3 is 1. The Kier molecular flexibility index (Phi) is 7.06. The number of nitrogens with zero attached hydrogens (tertiary/aromatic N) is 2. The SMILES string of the molecule is CCOC(=O)C1CCN(C(=O)/C(=C\c2ccc(OC)cc2)n2ccccc2=O)CC1. The molecule has 3 rings (SSSR count). The zero-order chi connectivity index (χ0) is 21.5. The second-order valence-electron chi connectivity index (χ2n) is 7.03. The van der Waals surface area contributed by atoms with Crippen LogP contribution in [0.5, 0.6) is 5.75 Å². The summed E-state index contributed by atoms with van der Waals surface area (Å²) in [6, 6.07) is 12.0. The summed E-state index contributed by atoms with van der Waals surface area (Å²) in [5.74, 6) is 0.0553. The molecule has 1 aromatic carbocycles. The average molecular weight is 410 g/mol. The molecule has 0 unspecified atom stereocenters. The maximum Gasteiger partial charge on any atom is 0.309 e. The van der Waals surface area contributed by atoms with Gasteiger partial charge in [0, 0.05) is 25.4 Å². The van der Waals surface area contributed by atoms with Crippen molar-refractivity contribution in [2.75, 3.05) is 26.8 Å². The van der Waals surface area contributed by atoms with E-state index in [1.54, 1.807) is 55.5 Å². The molecule has 2 heterocycles. The highest BCUT2D eigenvalue weighted by atomic mass is 16.5. The first-order chi connectivity index (χ1) is 14.5. The molecule has 1 saturated heterocycles. The van der Waals surface area contributed by atoms with E-state index >= 15 is 0 Å². The Hall–Kier alpha value is -3.35. The van der Waals surface area contributed by atoms with Crippen LogP contribution in [0.25, 0.3) is 11.8 Å². The van der Waals surface area contributed by atoms with Crippen LogP contribution in [0, 0.1) is 5.92 Å².